The third kappa shape index (κ3) is 3.91. The molecule has 0 fully saturated rings. The summed E-state index contributed by atoms with van der Waals surface area (Å²) in [5, 5.41) is 0. The van der Waals surface area contributed by atoms with E-state index in [-0.39, 0.29) is 11.4 Å². The highest BCUT2D eigenvalue weighted by atomic mass is 19.1. The van der Waals surface area contributed by atoms with Gasteiger partial charge in [0.2, 0.25) is 0 Å². The molecule has 0 radical (unpaired) electrons. The normalized spacial score (nSPS) is 14.1. The van der Waals surface area contributed by atoms with Gasteiger partial charge in [0.25, 0.3) is 0 Å². The predicted octanol–water partition coefficient (Wildman–Crippen LogP) is 3.95. The van der Waals surface area contributed by atoms with Crippen LogP contribution in [0, 0.1) is 19.7 Å². The van der Waals surface area contributed by atoms with Crippen molar-refractivity contribution in [1.29, 1.82) is 0 Å². The van der Waals surface area contributed by atoms with E-state index in [1.54, 1.807) is 12.1 Å². The summed E-state index contributed by atoms with van der Waals surface area (Å²) in [4.78, 5) is 0. The second-order valence-electron chi connectivity index (χ2n) is 6.05. The molecule has 0 aliphatic heterocycles. The zero-order valence-electron chi connectivity index (χ0n) is 12.4. The molecular formula is C18H22FN. The van der Waals surface area contributed by atoms with E-state index in [1.165, 1.54) is 28.8 Å². The largest absolute Gasteiger partial charge is 0.325 e. The Morgan fingerprint density at radius 3 is 2.05 bits per heavy atom. The number of benzene rings is 2. The topological polar surface area (TPSA) is 26.0 Å². The molecule has 20 heavy (non-hydrogen) atoms. The van der Waals surface area contributed by atoms with Crippen molar-refractivity contribution < 1.29 is 4.39 Å². The van der Waals surface area contributed by atoms with Crippen LogP contribution in [-0.4, -0.2) is 5.54 Å². The van der Waals surface area contributed by atoms with Crippen LogP contribution in [0.25, 0.3) is 0 Å². The Morgan fingerprint density at radius 2 is 1.45 bits per heavy atom. The molecule has 2 N–H and O–H groups in total. The lowest BCUT2D eigenvalue weighted by atomic mass is 9.87. The Hall–Kier alpha value is -1.67. The van der Waals surface area contributed by atoms with Gasteiger partial charge in [-0.05, 0) is 68.0 Å². The summed E-state index contributed by atoms with van der Waals surface area (Å²) in [6.07, 6.45) is 1.55. The van der Waals surface area contributed by atoms with Crippen LogP contribution in [0.3, 0.4) is 0 Å². The van der Waals surface area contributed by atoms with Gasteiger partial charge in [-0.2, -0.15) is 0 Å². The van der Waals surface area contributed by atoms with Gasteiger partial charge in [0.1, 0.15) is 5.82 Å². The molecule has 2 aromatic carbocycles. The van der Waals surface area contributed by atoms with E-state index < -0.39 is 0 Å². The first kappa shape index (κ1) is 14.7. The highest BCUT2D eigenvalue weighted by molar-refractivity contribution is 5.31. The molecule has 2 aromatic rings. The summed E-state index contributed by atoms with van der Waals surface area (Å²) < 4.78 is 12.9. The first-order chi connectivity index (χ1) is 9.35. The van der Waals surface area contributed by atoms with Crippen LogP contribution < -0.4 is 5.73 Å². The zero-order chi connectivity index (χ0) is 14.8. The molecule has 1 nitrogen and oxygen atoms in total. The second-order valence-corrected chi connectivity index (χ2v) is 6.05. The molecule has 0 heterocycles. The van der Waals surface area contributed by atoms with Crippen LogP contribution in [0.2, 0.25) is 0 Å². The Labute approximate surface area is 120 Å². The number of hydrogen-bond acceptors (Lipinski definition) is 1. The van der Waals surface area contributed by atoms with E-state index in [9.17, 15) is 4.39 Å². The fourth-order valence-corrected chi connectivity index (χ4v) is 2.51. The Kier molecular flexibility index (Phi) is 4.24. The minimum atomic E-state index is -0.334. The molecule has 0 saturated heterocycles. The van der Waals surface area contributed by atoms with Gasteiger partial charge < -0.3 is 5.73 Å². The van der Waals surface area contributed by atoms with Crippen LogP contribution in [0.15, 0.2) is 42.5 Å². The summed E-state index contributed by atoms with van der Waals surface area (Å²) in [5.74, 6) is -0.207. The van der Waals surface area contributed by atoms with Gasteiger partial charge >= 0.3 is 0 Å². The van der Waals surface area contributed by atoms with Gasteiger partial charge in [0.15, 0.2) is 0 Å². The molecule has 0 aromatic heterocycles. The molecule has 1 atom stereocenters. The Morgan fingerprint density at radius 1 is 0.900 bits per heavy atom. The first-order valence-electron chi connectivity index (χ1n) is 6.95. The molecular weight excluding hydrogens is 249 g/mol. The third-order valence-corrected chi connectivity index (χ3v) is 3.70. The maximum atomic E-state index is 12.9. The molecule has 0 saturated carbocycles. The van der Waals surface area contributed by atoms with E-state index in [4.69, 9.17) is 5.73 Å². The number of halogens is 1. The standard InChI is InChI=1S/C18H22FN/c1-13-4-5-16(10-14(13)2)12-18(3,20)11-15-6-8-17(19)9-7-15/h4-10H,11-12,20H2,1-3H3. The van der Waals surface area contributed by atoms with Crippen LogP contribution in [0.5, 0.6) is 0 Å². The monoisotopic (exact) mass is 271 g/mol. The molecule has 0 amide bonds. The number of rotatable bonds is 4. The quantitative estimate of drug-likeness (QED) is 0.895. The maximum absolute atomic E-state index is 12.9. The Balaban J connectivity index is 2.09. The lowest BCUT2D eigenvalue weighted by Gasteiger charge is -2.25. The fourth-order valence-electron chi connectivity index (χ4n) is 2.51. The van der Waals surface area contributed by atoms with E-state index in [2.05, 4.69) is 32.0 Å². The van der Waals surface area contributed by atoms with E-state index in [0.29, 0.717) is 0 Å². The molecule has 0 spiro atoms. The van der Waals surface area contributed by atoms with Gasteiger partial charge in [-0.25, -0.2) is 4.39 Å². The van der Waals surface area contributed by atoms with Crippen molar-refractivity contribution in [3.63, 3.8) is 0 Å². The number of aryl methyl sites for hydroxylation is 2. The molecule has 1 unspecified atom stereocenters. The van der Waals surface area contributed by atoms with Crippen molar-refractivity contribution >= 4 is 0 Å². The maximum Gasteiger partial charge on any atom is 0.123 e. The van der Waals surface area contributed by atoms with Crippen LogP contribution in [0.1, 0.15) is 29.2 Å². The predicted molar refractivity (Wildman–Crippen MR) is 82.3 cm³/mol. The highest BCUT2D eigenvalue weighted by Gasteiger charge is 2.20. The molecule has 0 aliphatic carbocycles. The van der Waals surface area contributed by atoms with Crippen LogP contribution in [-0.2, 0) is 12.8 Å². The van der Waals surface area contributed by atoms with Gasteiger partial charge in [-0.1, -0.05) is 30.3 Å². The average molecular weight is 271 g/mol. The first-order valence-corrected chi connectivity index (χ1v) is 6.95. The lowest BCUT2D eigenvalue weighted by Crippen LogP contribution is -2.40. The number of nitrogens with two attached hydrogens (primary N) is 1. The summed E-state index contributed by atoms with van der Waals surface area (Å²) in [6, 6.07) is 13.1. The molecule has 106 valence electrons. The van der Waals surface area contributed by atoms with Crippen molar-refractivity contribution in [2.45, 2.75) is 39.2 Å². The molecule has 2 rings (SSSR count). The summed E-state index contributed by atoms with van der Waals surface area (Å²) in [5.41, 5.74) is 11.0. The third-order valence-electron chi connectivity index (χ3n) is 3.70. The summed E-state index contributed by atoms with van der Waals surface area (Å²) >= 11 is 0. The Bertz CT molecular complexity index is 585. The van der Waals surface area contributed by atoms with Crippen molar-refractivity contribution in [1.82, 2.24) is 0 Å². The minimum Gasteiger partial charge on any atom is -0.325 e. The van der Waals surface area contributed by atoms with Crippen molar-refractivity contribution in [2.75, 3.05) is 0 Å². The van der Waals surface area contributed by atoms with Gasteiger partial charge in [-0.15, -0.1) is 0 Å². The fraction of sp³-hybridized carbons (Fsp3) is 0.333. The van der Waals surface area contributed by atoms with Gasteiger partial charge in [-0.3, -0.25) is 0 Å². The van der Waals surface area contributed by atoms with Crippen LogP contribution in [0.4, 0.5) is 4.39 Å². The zero-order valence-corrected chi connectivity index (χ0v) is 12.4. The van der Waals surface area contributed by atoms with E-state index in [1.807, 2.05) is 6.92 Å². The molecule has 2 heteroatoms. The highest BCUT2D eigenvalue weighted by Crippen LogP contribution is 2.19. The molecule has 0 bridgehead atoms. The van der Waals surface area contributed by atoms with Crippen molar-refractivity contribution in [3.05, 3.63) is 70.5 Å². The SMILES string of the molecule is Cc1ccc(CC(C)(N)Cc2ccc(F)cc2)cc1C. The number of hydrogen-bond donors (Lipinski definition) is 1. The smallest absolute Gasteiger partial charge is 0.123 e. The van der Waals surface area contributed by atoms with Gasteiger partial charge in [0, 0.05) is 5.54 Å². The van der Waals surface area contributed by atoms with E-state index >= 15 is 0 Å². The summed E-state index contributed by atoms with van der Waals surface area (Å²) in [7, 11) is 0. The minimum absolute atomic E-state index is 0.207. The average Bonchev–Trinajstić information content (AvgIpc) is 2.36. The lowest BCUT2D eigenvalue weighted by molar-refractivity contribution is 0.462. The van der Waals surface area contributed by atoms with Crippen molar-refractivity contribution in [3.8, 4) is 0 Å². The van der Waals surface area contributed by atoms with E-state index in [0.717, 1.165) is 18.4 Å². The second kappa shape index (κ2) is 5.76. The van der Waals surface area contributed by atoms with Crippen LogP contribution >= 0.6 is 0 Å². The van der Waals surface area contributed by atoms with Crippen molar-refractivity contribution in [2.24, 2.45) is 5.73 Å². The summed E-state index contributed by atoms with van der Waals surface area (Å²) in [6.45, 7) is 6.28. The molecule has 0 aliphatic rings. The van der Waals surface area contributed by atoms with Gasteiger partial charge in [0.05, 0.1) is 0 Å².